The zero-order valence-electron chi connectivity index (χ0n) is 12.1. The molecule has 2 heterocycles. The minimum absolute atomic E-state index is 0.0557. The number of carbonyl (C=O) groups is 1. The first-order valence-electron chi connectivity index (χ1n) is 7.39. The molecule has 108 valence electrons. The van der Waals surface area contributed by atoms with Gasteiger partial charge in [-0.2, -0.15) is 4.98 Å². The van der Waals surface area contributed by atoms with Crippen LogP contribution >= 0.6 is 0 Å². The molecule has 1 atom stereocenters. The van der Waals surface area contributed by atoms with Crippen molar-refractivity contribution < 1.29 is 9.53 Å². The van der Waals surface area contributed by atoms with Gasteiger partial charge in [-0.15, -0.1) is 0 Å². The summed E-state index contributed by atoms with van der Waals surface area (Å²) in [4.78, 5) is 22.6. The van der Waals surface area contributed by atoms with Crippen molar-refractivity contribution in [3.8, 4) is 5.88 Å². The zero-order valence-corrected chi connectivity index (χ0v) is 12.1. The van der Waals surface area contributed by atoms with Crippen LogP contribution in [-0.2, 0) is 4.79 Å². The Labute approximate surface area is 119 Å². The lowest BCUT2D eigenvalue weighted by Crippen LogP contribution is -2.45. The minimum atomic E-state index is 0.0557. The smallest absolute Gasteiger partial charge is 0.225 e. The van der Waals surface area contributed by atoms with E-state index in [-0.39, 0.29) is 12.0 Å². The fraction of sp³-hybridized carbons (Fsp3) is 0.667. The lowest BCUT2D eigenvalue weighted by atomic mass is 10.1. The second-order valence-electron chi connectivity index (χ2n) is 5.84. The molecule has 1 aromatic rings. The molecule has 0 N–H and O–H groups in total. The molecule has 20 heavy (non-hydrogen) atoms. The Morgan fingerprint density at radius 2 is 2.10 bits per heavy atom. The normalized spacial score (nSPS) is 22.7. The highest BCUT2D eigenvalue weighted by atomic mass is 16.5. The highest BCUT2D eigenvalue weighted by molar-refractivity contribution is 5.81. The largest absolute Gasteiger partial charge is 0.472 e. The van der Waals surface area contributed by atoms with Crippen LogP contribution in [0.2, 0.25) is 0 Å². The standard InChI is InChI=1S/C15H21N3O2/c1-10-8-14(17-11(2)16-10)20-13-4-3-7-18(9-13)15(19)12-5-6-12/h8,12-13H,3-7,9H2,1-2H3. The number of nitrogens with zero attached hydrogens (tertiary/aromatic N) is 3. The molecule has 3 rings (SSSR count). The van der Waals surface area contributed by atoms with Crippen LogP contribution < -0.4 is 4.74 Å². The van der Waals surface area contributed by atoms with E-state index >= 15 is 0 Å². The summed E-state index contributed by atoms with van der Waals surface area (Å²) in [5, 5.41) is 0. The highest BCUT2D eigenvalue weighted by Gasteiger charge is 2.35. The van der Waals surface area contributed by atoms with Crippen LogP contribution in [-0.4, -0.2) is 40.0 Å². The van der Waals surface area contributed by atoms with Crippen LogP contribution in [0.4, 0.5) is 0 Å². The Bertz CT molecular complexity index is 494. The maximum atomic E-state index is 12.1. The highest BCUT2D eigenvalue weighted by Crippen LogP contribution is 2.32. The van der Waals surface area contributed by atoms with Crippen LogP contribution in [0.25, 0.3) is 0 Å². The Morgan fingerprint density at radius 3 is 2.80 bits per heavy atom. The quantitative estimate of drug-likeness (QED) is 0.845. The summed E-state index contributed by atoms with van der Waals surface area (Å²) in [5.74, 6) is 1.95. The summed E-state index contributed by atoms with van der Waals surface area (Å²) in [7, 11) is 0. The number of piperidine rings is 1. The van der Waals surface area contributed by atoms with E-state index in [4.69, 9.17) is 4.74 Å². The number of likely N-dealkylation sites (tertiary alicyclic amines) is 1. The van der Waals surface area contributed by atoms with Crippen molar-refractivity contribution in [1.82, 2.24) is 14.9 Å². The second kappa shape index (κ2) is 5.38. The molecule has 1 saturated heterocycles. The van der Waals surface area contributed by atoms with Gasteiger partial charge in [-0.1, -0.05) is 0 Å². The van der Waals surface area contributed by atoms with Gasteiger partial charge in [0.25, 0.3) is 0 Å². The topological polar surface area (TPSA) is 55.3 Å². The first-order valence-corrected chi connectivity index (χ1v) is 7.39. The van der Waals surface area contributed by atoms with Crippen molar-refractivity contribution in [1.29, 1.82) is 0 Å². The van der Waals surface area contributed by atoms with Gasteiger partial charge in [0.05, 0.1) is 6.54 Å². The van der Waals surface area contributed by atoms with E-state index in [1.165, 1.54) is 0 Å². The molecule has 1 aromatic heterocycles. The van der Waals surface area contributed by atoms with E-state index in [0.717, 1.165) is 43.7 Å². The predicted octanol–water partition coefficient (Wildman–Crippen LogP) is 1.87. The van der Waals surface area contributed by atoms with Crippen molar-refractivity contribution in [2.45, 2.75) is 45.6 Å². The number of hydrogen-bond donors (Lipinski definition) is 0. The van der Waals surface area contributed by atoms with E-state index in [0.29, 0.717) is 18.3 Å². The van der Waals surface area contributed by atoms with Crippen molar-refractivity contribution >= 4 is 5.91 Å². The number of amides is 1. The van der Waals surface area contributed by atoms with Gasteiger partial charge in [-0.05, 0) is 39.5 Å². The van der Waals surface area contributed by atoms with Gasteiger partial charge >= 0.3 is 0 Å². The van der Waals surface area contributed by atoms with Crippen molar-refractivity contribution in [2.24, 2.45) is 5.92 Å². The molecule has 5 heteroatoms. The zero-order chi connectivity index (χ0) is 14.1. The number of aryl methyl sites for hydroxylation is 2. The summed E-state index contributed by atoms with van der Waals surface area (Å²) in [6, 6.07) is 1.86. The third-order valence-electron chi connectivity index (χ3n) is 3.85. The Hall–Kier alpha value is -1.65. The molecule has 1 aliphatic heterocycles. The van der Waals surface area contributed by atoms with Crippen LogP contribution in [0.5, 0.6) is 5.88 Å². The fourth-order valence-corrected chi connectivity index (χ4v) is 2.74. The van der Waals surface area contributed by atoms with Gasteiger partial charge in [-0.3, -0.25) is 4.79 Å². The summed E-state index contributed by atoms with van der Waals surface area (Å²) in [6.07, 6.45) is 4.17. The average molecular weight is 275 g/mol. The lowest BCUT2D eigenvalue weighted by molar-refractivity contribution is -0.135. The van der Waals surface area contributed by atoms with Crippen LogP contribution in [0, 0.1) is 19.8 Å². The van der Waals surface area contributed by atoms with E-state index < -0.39 is 0 Å². The van der Waals surface area contributed by atoms with Crippen molar-refractivity contribution in [3.63, 3.8) is 0 Å². The van der Waals surface area contributed by atoms with E-state index in [1.54, 1.807) is 0 Å². The Morgan fingerprint density at radius 1 is 1.30 bits per heavy atom. The number of carbonyl (C=O) groups excluding carboxylic acids is 1. The fourth-order valence-electron chi connectivity index (χ4n) is 2.74. The van der Waals surface area contributed by atoms with Crippen molar-refractivity contribution in [2.75, 3.05) is 13.1 Å². The molecule has 0 spiro atoms. The van der Waals surface area contributed by atoms with Crippen LogP contribution in [0.1, 0.15) is 37.2 Å². The minimum Gasteiger partial charge on any atom is -0.472 e. The molecule has 2 fully saturated rings. The Kier molecular flexibility index (Phi) is 3.59. The first-order chi connectivity index (χ1) is 9.61. The first kappa shape index (κ1) is 13.3. The van der Waals surface area contributed by atoms with Gasteiger partial charge in [0.15, 0.2) is 0 Å². The van der Waals surface area contributed by atoms with Gasteiger partial charge < -0.3 is 9.64 Å². The summed E-state index contributed by atoms with van der Waals surface area (Å²) >= 11 is 0. The van der Waals surface area contributed by atoms with Crippen molar-refractivity contribution in [3.05, 3.63) is 17.6 Å². The molecular weight excluding hydrogens is 254 g/mol. The second-order valence-corrected chi connectivity index (χ2v) is 5.84. The third-order valence-corrected chi connectivity index (χ3v) is 3.85. The summed E-state index contributed by atoms with van der Waals surface area (Å²) in [5.41, 5.74) is 0.911. The van der Waals surface area contributed by atoms with Crippen LogP contribution in [0.3, 0.4) is 0 Å². The molecule has 0 radical (unpaired) electrons. The van der Waals surface area contributed by atoms with Crippen LogP contribution in [0.15, 0.2) is 6.07 Å². The third kappa shape index (κ3) is 3.08. The number of hydrogen-bond acceptors (Lipinski definition) is 4. The van der Waals surface area contributed by atoms with Gasteiger partial charge in [0, 0.05) is 24.2 Å². The van der Waals surface area contributed by atoms with E-state index in [1.807, 2.05) is 24.8 Å². The molecule has 1 amide bonds. The van der Waals surface area contributed by atoms with Gasteiger partial charge in [-0.25, -0.2) is 4.98 Å². The maximum absolute atomic E-state index is 12.1. The molecule has 1 aliphatic carbocycles. The average Bonchev–Trinajstić information content (AvgIpc) is 3.21. The SMILES string of the molecule is Cc1cc(OC2CCCN(C(=O)C3CC3)C2)nc(C)n1. The number of ether oxygens (including phenoxy) is 1. The maximum Gasteiger partial charge on any atom is 0.225 e. The monoisotopic (exact) mass is 275 g/mol. The Balaban J connectivity index is 1.63. The molecule has 2 aliphatic rings. The molecular formula is C15H21N3O2. The number of aromatic nitrogens is 2. The summed E-state index contributed by atoms with van der Waals surface area (Å²) < 4.78 is 5.95. The summed E-state index contributed by atoms with van der Waals surface area (Å²) in [6.45, 7) is 5.36. The molecule has 0 bridgehead atoms. The van der Waals surface area contributed by atoms with E-state index in [2.05, 4.69) is 9.97 Å². The molecule has 5 nitrogen and oxygen atoms in total. The predicted molar refractivity (Wildman–Crippen MR) is 74.5 cm³/mol. The molecule has 1 unspecified atom stereocenters. The lowest BCUT2D eigenvalue weighted by Gasteiger charge is -2.32. The molecule has 1 saturated carbocycles. The van der Waals surface area contributed by atoms with Gasteiger partial charge in [0.1, 0.15) is 11.9 Å². The molecule has 0 aromatic carbocycles. The number of rotatable bonds is 3. The van der Waals surface area contributed by atoms with Gasteiger partial charge in [0.2, 0.25) is 11.8 Å². The van der Waals surface area contributed by atoms with E-state index in [9.17, 15) is 4.79 Å².